The van der Waals surface area contributed by atoms with Crippen LogP contribution in [-0.2, 0) is 31.4 Å². The molecule has 0 saturated carbocycles. The maximum Gasteiger partial charge on any atom is 0.245 e. The van der Waals surface area contributed by atoms with Gasteiger partial charge in [0.15, 0.2) is 0 Å². The molecular formula is C28H33N3O7S2. The molecule has 0 atom stereocenters. The molecule has 1 aliphatic heterocycles. The largest absolute Gasteiger partial charge is 0.495 e. The zero-order valence-corrected chi connectivity index (χ0v) is 24.1. The molecule has 12 heteroatoms. The first kappa shape index (κ1) is 29.4. The number of sulfonamides is 2. The van der Waals surface area contributed by atoms with Gasteiger partial charge in [0.05, 0.1) is 29.6 Å². The maximum atomic E-state index is 13.1. The number of rotatable bonds is 11. The molecular weight excluding hydrogens is 554 g/mol. The molecule has 0 bridgehead atoms. The van der Waals surface area contributed by atoms with Crippen molar-refractivity contribution in [2.45, 2.75) is 30.8 Å². The van der Waals surface area contributed by atoms with E-state index in [0.29, 0.717) is 25.4 Å². The lowest BCUT2D eigenvalue weighted by atomic mass is 10.2. The van der Waals surface area contributed by atoms with E-state index in [1.54, 1.807) is 24.3 Å². The predicted octanol–water partition coefficient (Wildman–Crippen LogP) is 3.85. The van der Waals surface area contributed by atoms with Crippen molar-refractivity contribution < 1.29 is 31.1 Å². The monoisotopic (exact) mass is 587 g/mol. The Balaban J connectivity index is 1.49. The Morgan fingerprint density at radius 3 is 2.23 bits per heavy atom. The molecule has 10 nitrogen and oxygen atoms in total. The van der Waals surface area contributed by atoms with Crippen molar-refractivity contribution in [2.24, 2.45) is 0 Å². The molecule has 1 N–H and O–H groups in total. The van der Waals surface area contributed by atoms with Crippen molar-refractivity contribution in [1.29, 1.82) is 0 Å². The zero-order valence-electron chi connectivity index (χ0n) is 22.4. The number of hydrogen-bond acceptors (Lipinski definition) is 7. The fraction of sp³-hybridized carbons (Fsp3) is 0.321. The highest BCUT2D eigenvalue weighted by molar-refractivity contribution is 7.92. The minimum atomic E-state index is -3.84. The van der Waals surface area contributed by atoms with Crippen LogP contribution in [0.5, 0.6) is 11.5 Å². The van der Waals surface area contributed by atoms with Crippen LogP contribution in [0.15, 0.2) is 77.7 Å². The van der Waals surface area contributed by atoms with E-state index in [4.69, 9.17) is 9.47 Å². The third kappa shape index (κ3) is 7.32. The molecule has 3 aromatic carbocycles. The van der Waals surface area contributed by atoms with Gasteiger partial charge in [-0.15, -0.1) is 0 Å². The normalized spacial score (nSPS) is 14.3. The number of carbonyl (C=O) groups is 1. The second kappa shape index (κ2) is 12.7. The molecule has 0 aliphatic carbocycles. The van der Waals surface area contributed by atoms with E-state index >= 15 is 0 Å². The van der Waals surface area contributed by atoms with E-state index < -0.39 is 32.5 Å². The molecule has 1 heterocycles. The standard InChI is InChI=1S/C28H33N3O7S2/c1-37-27-16-15-25(40(35,36)30-17-7-4-8-18-30)19-26(27)29-28(32)20-31(39(2,33)34)23-11-13-24(14-12-23)38-21-22-9-5-3-6-10-22/h3,5-6,9-16,19H,4,7-8,17-18,20-21H2,1-2H3,(H,29,32). The fourth-order valence-corrected chi connectivity index (χ4v) is 6.77. The minimum absolute atomic E-state index is 0.0246. The van der Waals surface area contributed by atoms with Crippen LogP contribution in [0.1, 0.15) is 24.8 Å². The highest BCUT2D eigenvalue weighted by atomic mass is 32.2. The number of ether oxygens (including phenoxy) is 2. The summed E-state index contributed by atoms with van der Waals surface area (Å²) in [6.07, 6.45) is 3.57. The van der Waals surface area contributed by atoms with Gasteiger partial charge in [-0.3, -0.25) is 9.10 Å². The van der Waals surface area contributed by atoms with Crippen LogP contribution in [-0.4, -0.2) is 60.0 Å². The van der Waals surface area contributed by atoms with Crippen molar-refractivity contribution in [1.82, 2.24) is 4.31 Å². The van der Waals surface area contributed by atoms with Crippen molar-refractivity contribution in [3.63, 3.8) is 0 Å². The number of amides is 1. The lowest BCUT2D eigenvalue weighted by Gasteiger charge is -2.26. The Morgan fingerprint density at radius 1 is 0.925 bits per heavy atom. The average molecular weight is 588 g/mol. The molecule has 4 rings (SSSR count). The Hall–Kier alpha value is -3.61. The topological polar surface area (TPSA) is 122 Å². The van der Waals surface area contributed by atoms with Gasteiger partial charge >= 0.3 is 0 Å². The molecule has 0 aromatic heterocycles. The van der Waals surface area contributed by atoms with Crippen molar-refractivity contribution in [2.75, 3.05) is 42.6 Å². The van der Waals surface area contributed by atoms with Crippen LogP contribution in [0.2, 0.25) is 0 Å². The smallest absolute Gasteiger partial charge is 0.245 e. The van der Waals surface area contributed by atoms with Crippen LogP contribution in [0.4, 0.5) is 11.4 Å². The van der Waals surface area contributed by atoms with E-state index in [-0.39, 0.29) is 22.0 Å². The van der Waals surface area contributed by atoms with E-state index in [0.717, 1.165) is 35.4 Å². The molecule has 0 unspecified atom stereocenters. The first-order valence-electron chi connectivity index (χ1n) is 12.8. The lowest BCUT2D eigenvalue weighted by molar-refractivity contribution is -0.114. The van der Waals surface area contributed by atoms with Crippen LogP contribution in [0, 0.1) is 0 Å². The van der Waals surface area contributed by atoms with Gasteiger partial charge in [-0.2, -0.15) is 4.31 Å². The first-order valence-corrected chi connectivity index (χ1v) is 16.1. The number of piperidine rings is 1. The highest BCUT2D eigenvalue weighted by Crippen LogP contribution is 2.30. The van der Waals surface area contributed by atoms with E-state index in [9.17, 15) is 21.6 Å². The van der Waals surface area contributed by atoms with Crippen LogP contribution in [0.3, 0.4) is 0 Å². The van der Waals surface area contributed by atoms with Gasteiger partial charge in [-0.1, -0.05) is 36.8 Å². The first-order chi connectivity index (χ1) is 19.1. The molecule has 1 aliphatic rings. The molecule has 3 aromatic rings. The molecule has 1 saturated heterocycles. The summed E-state index contributed by atoms with van der Waals surface area (Å²) in [6.45, 7) is 0.701. The second-order valence-electron chi connectivity index (χ2n) is 9.41. The zero-order chi connectivity index (χ0) is 28.8. The summed E-state index contributed by atoms with van der Waals surface area (Å²) in [5, 5.41) is 2.62. The van der Waals surface area contributed by atoms with Crippen LogP contribution >= 0.6 is 0 Å². The number of nitrogens with zero attached hydrogens (tertiary/aromatic N) is 2. The third-order valence-electron chi connectivity index (χ3n) is 6.46. The molecule has 214 valence electrons. The third-order valence-corrected chi connectivity index (χ3v) is 9.49. The number of benzene rings is 3. The summed E-state index contributed by atoms with van der Waals surface area (Å²) >= 11 is 0. The highest BCUT2D eigenvalue weighted by Gasteiger charge is 2.27. The molecule has 40 heavy (non-hydrogen) atoms. The number of anilines is 2. The van der Waals surface area contributed by atoms with Gasteiger partial charge in [0, 0.05) is 13.1 Å². The SMILES string of the molecule is COc1ccc(S(=O)(=O)N2CCCCC2)cc1NC(=O)CN(c1ccc(OCc2ccccc2)cc1)S(C)(=O)=O. The number of nitrogens with one attached hydrogen (secondary N) is 1. The molecule has 0 radical (unpaired) electrons. The quantitative estimate of drug-likeness (QED) is 0.362. The minimum Gasteiger partial charge on any atom is -0.495 e. The van der Waals surface area contributed by atoms with Gasteiger partial charge in [-0.05, 0) is 60.9 Å². The van der Waals surface area contributed by atoms with Crippen molar-refractivity contribution in [3.8, 4) is 11.5 Å². The Labute approximate surface area is 235 Å². The predicted molar refractivity (Wildman–Crippen MR) is 154 cm³/mol. The van der Waals surface area contributed by atoms with E-state index in [1.807, 2.05) is 30.3 Å². The number of hydrogen-bond donors (Lipinski definition) is 1. The summed E-state index contributed by atoms with van der Waals surface area (Å²) in [6, 6.07) is 20.2. The summed E-state index contributed by atoms with van der Waals surface area (Å²) < 4.78 is 65.0. The summed E-state index contributed by atoms with van der Waals surface area (Å²) in [4.78, 5) is 13.1. The lowest BCUT2D eigenvalue weighted by Crippen LogP contribution is -2.37. The van der Waals surface area contributed by atoms with Gasteiger partial charge in [0.1, 0.15) is 24.7 Å². The van der Waals surface area contributed by atoms with Crippen LogP contribution in [0.25, 0.3) is 0 Å². The summed E-state index contributed by atoms with van der Waals surface area (Å²) in [5.41, 5.74) is 1.39. The molecule has 1 fully saturated rings. The maximum absolute atomic E-state index is 13.1. The molecule has 1 amide bonds. The van der Waals surface area contributed by atoms with Gasteiger partial charge < -0.3 is 14.8 Å². The second-order valence-corrected chi connectivity index (χ2v) is 13.3. The molecule has 0 spiro atoms. The van der Waals surface area contributed by atoms with Gasteiger partial charge in [-0.25, -0.2) is 16.8 Å². The fourth-order valence-electron chi connectivity index (χ4n) is 4.37. The Morgan fingerprint density at radius 2 is 1.60 bits per heavy atom. The van der Waals surface area contributed by atoms with Crippen molar-refractivity contribution in [3.05, 3.63) is 78.4 Å². The van der Waals surface area contributed by atoms with Crippen LogP contribution < -0.4 is 19.1 Å². The Bertz CT molecular complexity index is 1520. The average Bonchev–Trinajstić information content (AvgIpc) is 2.95. The van der Waals surface area contributed by atoms with E-state index in [1.165, 1.54) is 29.6 Å². The number of carbonyl (C=O) groups excluding carboxylic acids is 1. The summed E-state index contributed by atoms with van der Waals surface area (Å²) in [7, 11) is -6.19. The number of methoxy groups -OCH3 is 1. The summed E-state index contributed by atoms with van der Waals surface area (Å²) in [5.74, 6) is 0.124. The van der Waals surface area contributed by atoms with E-state index in [2.05, 4.69) is 5.32 Å². The Kier molecular flexibility index (Phi) is 9.33. The van der Waals surface area contributed by atoms with Gasteiger partial charge in [0.2, 0.25) is 26.0 Å². The van der Waals surface area contributed by atoms with Crippen molar-refractivity contribution >= 4 is 37.3 Å². The van der Waals surface area contributed by atoms with Gasteiger partial charge in [0.25, 0.3) is 0 Å².